The molecule has 0 amide bonds. The largest absolute Gasteiger partial charge is 0.372 e. The van der Waals surface area contributed by atoms with Crippen LogP contribution in [0.3, 0.4) is 0 Å². The maximum atomic E-state index is 12.0. The first-order valence-electron chi connectivity index (χ1n) is 5.88. The number of ether oxygens (including phenoxy) is 1. The van der Waals surface area contributed by atoms with Crippen LogP contribution in [0.5, 0.6) is 0 Å². The summed E-state index contributed by atoms with van der Waals surface area (Å²) < 4.78 is 29.9. The molecule has 2 aliphatic rings. The summed E-state index contributed by atoms with van der Waals surface area (Å²) in [7, 11) is 0. The number of halogens is 2. The zero-order valence-electron chi connectivity index (χ0n) is 8.98. The van der Waals surface area contributed by atoms with Crippen molar-refractivity contribution in [2.24, 2.45) is 0 Å². The third-order valence-electron chi connectivity index (χ3n) is 3.63. The Hall–Kier alpha value is -0.220. The Morgan fingerprint density at radius 3 is 2.80 bits per heavy atom. The first kappa shape index (κ1) is 11.3. The SMILES string of the molecule is FC(F)CCCC1NCCOC12CCC2. The zero-order valence-corrected chi connectivity index (χ0v) is 8.98. The van der Waals surface area contributed by atoms with Gasteiger partial charge in [-0.3, -0.25) is 0 Å². The molecule has 4 heteroatoms. The molecule has 0 aromatic rings. The van der Waals surface area contributed by atoms with Crippen LogP contribution in [0.25, 0.3) is 0 Å². The van der Waals surface area contributed by atoms with Crippen molar-refractivity contribution in [3.63, 3.8) is 0 Å². The highest BCUT2D eigenvalue weighted by Crippen LogP contribution is 2.41. The maximum absolute atomic E-state index is 12.0. The molecule has 1 aliphatic heterocycles. The summed E-state index contributed by atoms with van der Waals surface area (Å²) >= 11 is 0. The molecule has 0 aromatic carbocycles. The minimum absolute atomic E-state index is 0.000369. The van der Waals surface area contributed by atoms with Crippen LogP contribution in [0.15, 0.2) is 0 Å². The van der Waals surface area contributed by atoms with E-state index in [9.17, 15) is 8.78 Å². The third kappa shape index (κ3) is 2.48. The van der Waals surface area contributed by atoms with Crippen molar-refractivity contribution in [3.05, 3.63) is 0 Å². The van der Waals surface area contributed by atoms with E-state index in [1.165, 1.54) is 6.42 Å². The highest BCUT2D eigenvalue weighted by atomic mass is 19.3. The summed E-state index contributed by atoms with van der Waals surface area (Å²) in [5.41, 5.74) is 0.000369. The van der Waals surface area contributed by atoms with Crippen LogP contribution < -0.4 is 5.32 Å². The topological polar surface area (TPSA) is 21.3 Å². The van der Waals surface area contributed by atoms with Crippen LogP contribution in [0.1, 0.15) is 38.5 Å². The molecule has 0 aromatic heterocycles. The molecular weight excluding hydrogens is 200 g/mol. The quantitative estimate of drug-likeness (QED) is 0.783. The first-order valence-corrected chi connectivity index (χ1v) is 5.88. The van der Waals surface area contributed by atoms with Gasteiger partial charge in [0.05, 0.1) is 12.2 Å². The summed E-state index contributed by atoms with van der Waals surface area (Å²) in [5, 5.41) is 3.42. The summed E-state index contributed by atoms with van der Waals surface area (Å²) in [6.45, 7) is 1.63. The fourth-order valence-corrected chi connectivity index (χ4v) is 2.63. The number of hydrogen-bond donors (Lipinski definition) is 1. The lowest BCUT2D eigenvalue weighted by Crippen LogP contribution is -2.61. The van der Waals surface area contributed by atoms with Gasteiger partial charge in [-0.15, -0.1) is 0 Å². The normalized spacial score (nSPS) is 29.4. The van der Waals surface area contributed by atoms with Crippen LogP contribution in [0.2, 0.25) is 0 Å². The fourth-order valence-electron chi connectivity index (χ4n) is 2.63. The van der Waals surface area contributed by atoms with Gasteiger partial charge in [0.25, 0.3) is 0 Å². The van der Waals surface area contributed by atoms with Crippen molar-refractivity contribution in [1.82, 2.24) is 5.32 Å². The Bertz CT molecular complexity index is 207. The van der Waals surface area contributed by atoms with Crippen LogP contribution in [-0.4, -0.2) is 31.2 Å². The lowest BCUT2D eigenvalue weighted by Gasteiger charge is -2.50. The highest BCUT2D eigenvalue weighted by Gasteiger charge is 2.46. The summed E-state index contributed by atoms with van der Waals surface area (Å²) in [4.78, 5) is 0. The molecule has 1 atom stereocenters. The van der Waals surface area contributed by atoms with Crippen LogP contribution in [0, 0.1) is 0 Å². The Kier molecular flexibility index (Phi) is 3.57. The number of alkyl halides is 2. The standard InChI is InChI=1S/C11H19F2NO/c12-10(13)4-1-3-9-11(5-2-6-11)15-8-7-14-9/h9-10,14H,1-8H2. The molecule has 1 N–H and O–H groups in total. The van der Waals surface area contributed by atoms with Gasteiger partial charge in [0.1, 0.15) is 0 Å². The van der Waals surface area contributed by atoms with Gasteiger partial charge in [-0.05, 0) is 32.1 Å². The van der Waals surface area contributed by atoms with Gasteiger partial charge in [0.2, 0.25) is 6.43 Å². The van der Waals surface area contributed by atoms with Gasteiger partial charge in [0, 0.05) is 19.0 Å². The second-order valence-electron chi connectivity index (χ2n) is 4.60. The van der Waals surface area contributed by atoms with E-state index in [2.05, 4.69) is 5.32 Å². The van der Waals surface area contributed by atoms with E-state index in [1.807, 2.05) is 0 Å². The van der Waals surface area contributed by atoms with E-state index < -0.39 is 6.43 Å². The molecule has 1 aliphatic carbocycles. The molecule has 88 valence electrons. The number of hydrogen-bond acceptors (Lipinski definition) is 2. The predicted octanol–water partition coefficient (Wildman–Crippen LogP) is 2.33. The van der Waals surface area contributed by atoms with Crippen LogP contribution in [0.4, 0.5) is 8.78 Å². The molecule has 1 heterocycles. The first-order chi connectivity index (χ1) is 7.23. The molecule has 2 fully saturated rings. The molecule has 1 saturated carbocycles. The average Bonchev–Trinajstić information content (AvgIpc) is 2.15. The van der Waals surface area contributed by atoms with E-state index in [1.54, 1.807) is 0 Å². The molecule has 0 radical (unpaired) electrons. The molecular formula is C11H19F2NO. The summed E-state index contributed by atoms with van der Waals surface area (Å²) in [5.74, 6) is 0. The monoisotopic (exact) mass is 219 g/mol. The Morgan fingerprint density at radius 2 is 2.20 bits per heavy atom. The minimum atomic E-state index is -2.16. The molecule has 2 nitrogen and oxygen atoms in total. The van der Waals surface area contributed by atoms with Gasteiger partial charge in [-0.2, -0.15) is 0 Å². The zero-order chi connectivity index (χ0) is 10.7. The highest BCUT2D eigenvalue weighted by molar-refractivity contribution is 5.01. The minimum Gasteiger partial charge on any atom is -0.372 e. The van der Waals surface area contributed by atoms with Crippen LogP contribution in [-0.2, 0) is 4.74 Å². The lowest BCUT2D eigenvalue weighted by atomic mass is 9.72. The lowest BCUT2D eigenvalue weighted by molar-refractivity contribution is -0.146. The van der Waals surface area contributed by atoms with E-state index in [0.717, 1.165) is 32.4 Å². The Morgan fingerprint density at radius 1 is 1.40 bits per heavy atom. The van der Waals surface area contributed by atoms with Crippen molar-refractivity contribution in [2.75, 3.05) is 13.2 Å². The Labute approximate surface area is 89.4 Å². The van der Waals surface area contributed by atoms with Gasteiger partial charge in [-0.25, -0.2) is 8.78 Å². The Balaban J connectivity index is 1.78. The molecule has 0 bridgehead atoms. The second-order valence-corrected chi connectivity index (χ2v) is 4.60. The van der Waals surface area contributed by atoms with Gasteiger partial charge in [-0.1, -0.05) is 0 Å². The van der Waals surface area contributed by atoms with E-state index in [4.69, 9.17) is 4.74 Å². The predicted molar refractivity (Wildman–Crippen MR) is 54.2 cm³/mol. The van der Waals surface area contributed by atoms with Gasteiger partial charge < -0.3 is 10.1 Å². The van der Waals surface area contributed by atoms with Crippen LogP contribution >= 0.6 is 0 Å². The van der Waals surface area contributed by atoms with Crippen molar-refractivity contribution in [2.45, 2.75) is 56.6 Å². The summed E-state index contributed by atoms with van der Waals surface area (Å²) in [6.07, 6.45) is 2.69. The smallest absolute Gasteiger partial charge is 0.238 e. The van der Waals surface area contributed by atoms with Crippen molar-refractivity contribution in [1.29, 1.82) is 0 Å². The van der Waals surface area contributed by atoms with Crippen molar-refractivity contribution in [3.8, 4) is 0 Å². The summed E-state index contributed by atoms with van der Waals surface area (Å²) in [6, 6.07) is 0.304. The number of morpholine rings is 1. The molecule has 15 heavy (non-hydrogen) atoms. The molecule has 1 spiro atoms. The van der Waals surface area contributed by atoms with E-state index in [0.29, 0.717) is 12.5 Å². The number of nitrogens with one attached hydrogen (secondary N) is 1. The van der Waals surface area contributed by atoms with Gasteiger partial charge in [0.15, 0.2) is 0 Å². The maximum Gasteiger partial charge on any atom is 0.238 e. The third-order valence-corrected chi connectivity index (χ3v) is 3.63. The fraction of sp³-hybridized carbons (Fsp3) is 1.00. The molecule has 1 saturated heterocycles. The number of rotatable bonds is 4. The second kappa shape index (κ2) is 4.74. The average molecular weight is 219 g/mol. The molecule has 2 rings (SSSR count). The van der Waals surface area contributed by atoms with E-state index >= 15 is 0 Å². The van der Waals surface area contributed by atoms with Crippen molar-refractivity contribution >= 4 is 0 Å². The molecule has 1 unspecified atom stereocenters. The van der Waals surface area contributed by atoms with Crippen molar-refractivity contribution < 1.29 is 13.5 Å². The van der Waals surface area contributed by atoms with E-state index in [-0.39, 0.29) is 12.0 Å². The van der Waals surface area contributed by atoms with Gasteiger partial charge >= 0.3 is 0 Å².